The first-order valence-electron chi connectivity index (χ1n) is 3.91. The lowest BCUT2D eigenvalue weighted by Gasteiger charge is -2.27. The maximum atomic E-state index is 3.57. The summed E-state index contributed by atoms with van der Waals surface area (Å²) in [6.45, 7) is 1.14. The van der Waals surface area contributed by atoms with Crippen molar-refractivity contribution in [2.24, 2.45) is 0 Å². The van der Waals surface area contributed by atoms with Gasteiger partial charge in [0.1, 0.15) is 0 Å². The van der Waals surface area contributed by atoms with E-state index in [1.54, 1.807) is 0 Å². The van der Waals surface area contributed by atoms with Gasteiger partial charge in [-0.1, -0.05) is 6.07 Å². The molecule has 3 heteroatoms. The van der Waals surface area contributed by atoms with Crippen LogP contribution in [0.3, 0.4) is 0 Å². The zero-order chi connectivity index (χ0) is 8.55. The van der Waals surface area contributed by atoms with Crippen LogP contribution in [-0.4, -0.2) is 19.3 Å². The first-order valence-corrected chi connectivity index (χ1v) is 5.69. The minimum absolute atomic E-state index is 1.14. The zero-order valence-corrected chi connectivity index (χ0v) is 9.28. The third kappa shape index (κ3) is 1.36. The molecule has 0 aromatic heterocycles. The highest BCUT2D eigenvalue weighted by Crippen LogP contribution is 2.38. The number of para-hydroxylation sites is 1. The number of fused-ring (bicyclic) bond motifs is 1. The third-order valence-electron chi connectivity index (χ3n) is 2.02. The summed E-state index contributed by atoms with van der Waals surface area (Å²) in [6.07, 6.45) is 0. The molecule has 0 bridgehead atoms. The van der Waals surface area contributed by atoms with Gasteiger partial charge in [0.15, 0.2) is 0 Å². The van der Waals surface area contributed by atoms with Gasteiger partial charge in [-0.15, -0.1) is 11.8 Å². The monoisotopic (exact) mass is 243 g/mol. The van der Waals surface area contributed by atoms with E-state index in [0.717, 1.165) is 6.54 Å². The van der Waals surface area contributed by atoms with Crippen LogP contribution in [0.5, 0.6) is 0 Å². The molecule has 1 aliphatic heterocycles. The molecule has 64 valence electrons. The molecule has 0 atom stereocenters. The molecule has 1 nitrogen and oxygen atoms in total. The number of halogens is 1. The van der Waals surface area contributed by atoms with Gasteiger partial charge in [0.05, 0.1) is 5.69 Å². The summed E-state index contributed by atoms with van der Waals surface area (Å²) in [4.78, 5) is 3.69. The minimum Gasteiger partial charge on any atom is -0.372 e. The summed E-state index contributed by atoms with van der Waals surface area (Å²) in [6, 6.07) is 6.37. The van der Waals surface area contributed by atoms with Crippen LogP contribution >= 0.6 is 27.7 Å². The summed E-state index contributed by atoms with van der Waals surface area (Å²) < 4.78 is 1.20. The Balaban J connectivity index is 2.53. The van der Waals surface area contributed by atoms with Crippen LogP contribution in [-0.2, 0) is 0 Å². The molecule has 0 radical (unpaired) electrons. The van der Waals surface area contributed by atoms with E-state index in [0.29, 0.717) is 0 Å². The summed E-state index contributed by atoms with van der Waals surface area (Å²) in [5.41, 5.74) is 1.34. The summed E-state index contributed by atoms with van der Waals surface area (Å²) >= 11 is 5.50. The van der Waals surface area contributed by atoms with Crippen LogP contribution in [0.2, 0.25) is 0 Å². The summed E-state index contributed by atoms with van der Waals surface area (Å²) in [5, 5.41) is 0. The molecular formula is C9H10BrNS. The molecule has 1 aliphatic rings. The fourth-order valence-corrected chi connectivity index (χ4v) is 3.35. The van der Waals surface area contributed by atoms with Crippen LogP contribution in [0, 0.1) is 0 Å². The van der Waals surface area contributed by atoms with Crippen molar-refractivity contribution in [1.29, 1.82) is 0 Å². The molecule has 0 saturated carbocycles. The Morgan fingerprint density at radius 2 is 2.33 bits per heavy atom. The molecule has 0 fully saturated rings. The Labute approximate surface area is 85.3 Å². The Morgan fingerprint density at radius 3 is 3.08 bits per heavy atom. The van der Waals surface area contributed by atoms with Crippen LogP contribution in [0.25, 0.3) is 0 Å². The van der Waals surface area contributed by atoms with Gasteiger partial charge in [0, 0.05) is 28.7 Å². The number of hydrogen-bond acceptors (Lipinski definition) is 2. The second kappa shape index (κ2) is 3.30. The largest absolute Gasteiger partial charge is 0.372 e. The Bertz CT molecular complexity index is 301. The van der Waals surface area contributed by atoms with Gasteiger partial charge in [-0.3, -0.25) is 0 Å². The number of anilines is 1. The molecule has 0 N–H and O–H groups in total. The van der Waals surface area contributed by atoms with Gasteiger partial charge < -0.3 is 4.90 Å². The molecule has 1 aromatic rings. The highest BCUT2D eigenvalue weighted by atomic mass is 79.9. The minimum atomic E-state index is 1.14. The number of hydrogen-bond donors (Lipinski definition) is 0. The summed E-state index contributed by atoms with van der Waals surface area (Å²) in [7, 11) is 2.14. The quantitative estimate of drug-likeness (QED) is 0.690. The summed E-state index contributed by atoms with van der Waals surface area (Å²) in [5.74, 6) is 1.19. The second-order valence-corrected chi connectivity index (χ2v) is 4.85. The molecule has 0 saturated heterocycles. The molecule has 1 heterocycles. The molecule has 2 rings (SSSR count). The van der Waals surface area contributed by atoms with Crippen LogP contribution in [0.4, 0.5) is 5.69 Å². The lowest BCUT2D eigenvalue weighted by atomic mass is 10.3. The number of thioether (sulfide) groups is 1. The first kappa shape index (κ1) is 8.45. The molecule has 1 aromatic carbocycles. The molecule has 0 unspecified atom stereocenters. The number of benzene rings is 1. The van der Waals surface area contributed by atoms with Crippen molar-refractivity contribution in [1.82, 2.24) is 0 Å². The van der Waals surface area contributed by atoms with Crippen LogP contribution in [0.1, 0.15) is 0 Å². The normalized spacial score (nSPS) is 16.0. The van der Waals surface area contributed by atoms with Gasteiger partial charge >= 0.3 is 0 Å². The Kier molecular flexibility index (Phi) is 2.33. The van der Waals surface area contributed by atoms with E-state index in [2.05, 4.69) is 46.1 Å². The SMILES string of the molecule is CN1CCSc2cccc(Br)c21. The average Bonchev–Trinajstić information content (AvgIpc) is 2.04. The second-order valence-electron chi connectivity index (χ2n) is 2.86. The highest BCUT2D eigenvalue weighted by molar-refractivity contribution is 9.10. The molecular weight excluding hydrogens is 234 g/mol. The molecule has 0 spiro atoms. The van der Waals surface area contributed by atoms with E-state index in [1.807, 2.05) is 11.8 Å². The first-order chi connectivity index (χ1) is 5.79. The van der Waals surface area contributed by atoms with E-state index in [1.165, 1.54) is 20.8 Å². The third-order valence-corrected chi connectivity index (χ3v) is 3.68. The van der Waals surface area contributed by atoms with Crippen molar-refractivity contribution in [3.05, 3.63) is 22.7 Å². The fourth-order valence-electron chi connectivity index (χ4n) is 1.39. The van der Waals surface area contributed by atoms with Gasteiger partial charge in [0.25, 0.3) is 0 Å². The fraction of sp³-hybridized carbons (Fsp3) is 0.333. The van der Waals surface area contributed by atoms with Crippen molar-refractivity contribution >= 4 is 33.4 Å². The predicted molar refractivity (Wildman–Crippen MR) is 58.1 cm³/mol. The zero-order valence-electron chi connectivity index (χ0n) is 6.88. The predicted octanol–water partition coefficient (Wildman–Crippen LogP) is 2.99. The number of rotatable bonds is 0. The van der Waals surface area contributed by atoms with Crippen molar-refractivity contribution in [3.63, 3.8) is 0 Å². The van der Waals surface area contributed by atoms with Crippen molar-refractivity contribution < 1.29 is 0 Å². The molecule has 12 heavy (non-hydrogen) atoms. The lowest BCUT2D eigenvalue weighted by Crippen LogP contribution is -2.24. The standard InChI is InChI=1S/C9H10BrNS/c1-11-5-6-12-8-4-2-3-7(10)9(8)11/h2-4H,5-6H2,1H3. The van der Waals surface area contributed by atoms with E-state index in [-0.39, 0.29) is 0 Å². The molecule has 0 amide bonds. The van der Waals surface area contributed by atoms with Crippen LogP contribution < -0.4 is 4.90 Å². The van der Waals surface area contributed by atoms with E-state index in [4.69, 9.17) is 0 Å². The average molecular weight is 244 g/mol. The van der Waals surface area contributed by atoms with E-state index in [9.17, 15) is 0 Å². The van der Waals surface area contributed by atoms with Crippen molar-refractivity contribution in [2.45, 2.75) is 4.90 Å². The number of nitrogens with zero attached hydrogens (tertiary/aromatic N) is 1. The van der Waals surface area contributed by atoms with Gasteiger partial charge in [-0.25, -0.2) is 0 Å². The topological polar surface area (TPSA) is 3.24 Å². The Hall–Kier alpha value is -0.150. The van der Waals surface area contributed by atoms with Crippen molar-refractivity contribution in [3.8, 4) is 0 Å². The van der Waals surface area contributed by atoms with Crippen LogP contribution in [0.15, 0.2) is 27.6 Å². The maximum absolute atomic E-state index is 3.57. The maximum Gasteiger partial charge on any atom is 0.0646 e. The lowest BCUT2D eigenvalue weighted by molar-refractivity contribution is 0.939. The van der Waals surface area contributed by atoms with Crippen molar-refractivity contribution in [2.75, 3.05) is 24.2 Å². The highest BCUT2D eigenvalue weighted by Gasteiger charge is 2.15. The van der Waals surface area contributed by atoms with Gasteiger partial charge in [-0.05, 0) is 28.1 Å². The molecule has 0 aliphatic carbocycles. The van der Waals surface area contributed by atoms with E-state index < -0.39 is 0 Å². The van der Waals surface area contributed by atoms with Gasteiger partial charge in [0.2, 0.25) is 0 Å². The van der Waals surface area contributed by atoms with Gasteiger partial charge in [-0.2, -0.15) is 0 Å². The Morgan fingerprint density at radius 1 is 1.50 bits per heavy atom. The van der Waals surface area contributed by atoms with E-state index >= 15 is 0 Å². The smallest absolute Gasteiger partial charge is 0.0646 e.